The smallest absolute Gasteiger partial charge is 0.330 e. The third kappa shape index (κ3) is 7.59. The van der Waals surface area contributed by atoms with Crippen LogP contribution in [0, 0.1) is 5.82 Å². The zero-order valence-corrected chi connectivity index (χ0v) is 14.7. The predicted molar refractivity (Wildman–Crippen MR) is 100 cm³/mol. The zero-order valence-electron chi connectivity index (χ0n) is 14.7. The van der Waals surface area contributed by atoms with Gasteiger partial charge in [0.25, 0.3) is 0 Å². The number of aliphatic hydroxyl groups excluding tert-OH is 1. The fraction of sp³-hybridized carbons (Fsp3) is 0.286. The van der Waals surface area contributed by atoms with Gasteiger partial charge in [-0.3, -0.25) is 4.90 Å². The third-order valence-corrected chi connectivity index (χ3v) is 3.91. The summed E-state index contributed by atoms with van der Waals surface area (Å²) in [6.07, 6.45) is 3.79. The van der Waals surface area contributed by atoms with E-state index in [2.05, 4.69) is 17.0 Å². The summed E-state index contributed by atoms with van der Waals surface area (Å²) in [6.45, 7) is 2.20. The summed E-state index contributed by atoms with van der Waals surface area (Å²) >= 11 is 0. The van der Waals surface area contributed by atoms with E-state index < -0.39 is 5.97 Å². The molecule has 2 aromatic carbocycles. The molecule has 0 aliphatic rings. The Morgan fingerprint density at radius 2 is 1.77 bits per heavy atom. The van der Waals surface area contributed by atoms with Gasteiger partial charge < -0.3 is 9.84 Å². The van der Waals surface area contributed by atoms with Crippen molar-refractivity contribution in [3.05, 3.63) is 77.6 Å². The minimum absolute atomic E-state index is 0.0627. The lowest BCUT2D eigenvalue weighted by Gasteiger charge is -2.20. The lowest BCUT2D eigenvalue weighted by molar-refractivity contribution is -0.138. The Kier molecular flexibility index (Phi) is 8.52. The van der Waals surface area contributed by atoms with Crippen molar-refractivity contribution in [2.24, 2.45) is 0 Å². The summed E-state index contributed by atoms with van der Waals surface area (Å²) < 4.78 is 18.0. The van der Waals surface area contributed by atoms with E-state index in [9.17, 15) is 14.3 Å². The van der Waals surface area contributed by atoms with Gasteiger partial charge in [0.2, 0.25) is 0 Å². The highest BCUT2D eigenvalue weighted by Crippen LogP contribution is 2.05. The van der Waals surface area contributed by atoms with Gasteiger partial charge in [-0.2, -0.15) is 0 Å². The first-order valence-electron chi connectivity index (χ1n) is 8.65. The van der Waals surface area contributed by atoms with Crippen LogP contribution in [-0.2, 0) is 16.0 Å². The molecule has 0 saturated carbocycles. The average Bonchev–Trinajstić information content (AvgIpc) is 2.66. The second-order valence-electron chi connectivity index (χ2n) is 5.85. The molecule has 0 heterocycles. The van der Waals surface area contributed by atoms with Crippen molar-refractivity contribution in [2.75, 3.05) is 32.8 Å². The fourth-order valence-corrected chi connectivity index (χ4v) is 2.47. The molecule has 4 nitrogen and oxygen atoms in total. The quantitative estimate of drug-likeness (QED) is 0.525. The number of carbonyl (C=O) groups excluding carboxylic acids is 1. The molecule has 2 aromatic rings. The monoisotopic (exact) mass is 357 g/mol. The number of aliphatic hydroxyl groups is 1. The Bertz CT molecular complexity index is 686. The van der Waals surface area contributed by atoms with Crippen molar-refractivity contribution in [3.63, 3.8) is 0 Å². The number of ether oxygens (including phenoxy) is 1. The van der Waals surface area contributed by atoms with Crippen LogP contribution in [0.5, 0.6) is 0 Å². The number of carbonyl (C=O) groups is 1. The molecule has 0 aromatic heterocycles. The van der Waals surface area contributed by atoms with Crippen LogP contribution in [-0.4, -0.2) is 48.8 Å². The summed E-state index contributed by atoms with van der Waals surface area (Å²) in [6, 6.07) is 16.0. The summed E-state index contributed by atoms with van der Waals surface area (Å²) in [5.74, 6) is -0.759. The van der Waals surface area contributed by atoms with E-state index in [1.54, 1.807) is 18.2 Å². The van der Waals surface area contributed by atoms with Crippen LogP contribution in [0.1, 0.15) is 11.1 Å². The first kappa shape index (κ1) is 19.8. The maximum Gasteiger partial charge on any atom is 0.330 e. The number of halogens is 1. The van der Waals surface area contributed by atoms with E-state index in [-0.39, 0.29) is 19.0 Å². The first-order valence-corrected chi connectivity index (χ1v) is 8.65. The highest BCUT2D eigenvalue weighted by molar-refractivity contribution is 5.87. The molecular weight excluding hydrogens is 333 g/mol. The van der Waals surface area contributed by atoms with Crippen molar-refractivity contribution in [3.8, 4) is 0 Å². The van der Waals surface area contributed by atoms with Crippen LogP contribution in [0.3, 0.4) is 0 Å². The van der Waals surface area contributed by atoms with Crippen molar-refractivity contribution < 1.29 is 19.0 Å². The molecule has 2 rings (SSSR count). The van der Waals surface area contributed by atoms with E-state index >= 15 is 0 Å². The van der Waals surface area contributed by atoms with Gasteiger partial charge in [-0.1, -0.05) is 42.5 Å². The molecule has 0 atom stereocenters. The molecule has 0 bridgehead atoms. The standard InChI is InChI=1S/C21H24FNO3/c22-20-9-6-19(7-10-20)8-11-21(25)26-17-15-23(14-16-24)13-12-18-4-2-1-3-5-18/h1-11,24H,12-17H2/b11-8+. The van der Waals surface area contributed by atoms with Gasteiger partial charge in [0.1, 0.15) is 12.4 Å². The molecule has 0 spiro atoms. The van der Waals surface area contributed by atoms with E-state index in [0.29, 0.717) is 13.1 Å². The summed E-state index contributed by atoms with van der Waals surface area (Å²) in [5.41, 5.74) is 1.96. The highest BCUT2D eigenvalue weighted by Gasteiger charge is 2.06. The van der Waals surface area contributed by atoms with Crippen molar-refractivity contribution in [1.29, 1.82) is 0 Å². The second kappa shape index (κ2) is 11.2. The minimum Gasteiger partial charge on any atom is -0.461 e. The van der Waals surface area contributed by atoms with Gasteiger partial charge in [0.05, 0.1) is 6.61 Å². The molecule has 0 fully saturated rings. The zero-order chi connectivity index (χ0) is 18.6. The summed E-state index contributed by atoms with van der Waals surface area (Å²) in [4.78, 5) is 13.8. The SMILES string of the molecule is O=C(/C=C/c1ccc(F)cc1)OCCN(CCO)CCc1ccccc1. The molecule has 0 amide bonds. The molecule has 0 aliphatic heterocycles. The largest absolute Gasteiger partial charge is 0.461 e. The lowest BCUT2D eigenvalue weighted by atomic mass is 10.1. The van der Waals surface area contributed by atoms with Gasteiger partial charge in [-0.25, -0.2) is 9.18 Å². The third-order valence-electron chi connectivity index (χ3n) is 3.91. The Hall–Kier alpha value is -2.50. The minimum atomic E-state index is -0.443. The number of esters is 1. The Morgan fingerprint density at radius 3 is 2.46 bits per heavy atom. The molecule has 0 saturated heterocycles. The molecule has 0 unspecified atom stereocenters. The second-order valence-corrected chi connectivity index (χ2v) is 5.85. The molecule has 26 heavy (non-hydrogen) atoms. The number of rotatable bonds is 10. The number of hydrogen-bond donors (Lipinski definition) is 1. The van der Waals surface area contributed by atoms with Crippen LogP contribution in [0.2, 0.25) is 0 Å². The van der Waals surface area contributed by atoms with Gasteiger partial charge in [-0.05, 0) is 35.8 Å². The van der Waals surface area contributed by atoms with Crippen LogP contribution >= 0.6 is 0 Å². The van der Waals surface area contributed by atoms with Crippen molar-refractivity contribution in [1.82, 2.24) is 4.90 Å². The van der Waals surface area contributed by atoms with Crippen molar-refractivity contribution >= 4 is 12.0 Å². The summed E-state index contributed by atoms with van der Waals surface area (Å²) in [7, 11) is 0. The van der Waals surface area contributed by atoms with E-state index in [0.717, 1.165) is 18.5 Å². The molecule has 138 valence electrons. The van der Waals surface area contributed by atoms with E-state index in [4.69, 9.17) is 4.74 Å². The first-order chi connectivity index (χ1) is 12.7. The number of benzene rings is 2. The maximum absolute atomic E-state index is 12.8. The van der Waals surface area contributed by atoms with E-state index in [1.165, 1.54) is 23.8 Å². The van der Waals surface area contributed by atoms with Gasteiger partial charge in [0.15, 0.2) is 0 Å². The summed E-state index contributed by atoms with van der Waals surface area (Å²) in [5, 5.41) is 9.18. The molecule has 0 aliphatic carbocycles. The normalized spacial score (nSPS) is 11.2. The Labute approximate surface area is 153 Å². The van der Waals surface area contributed by atoms with Crippen molar-refractivity contribution in [2.45, 2.75) is 6.42 Å². The fourth-order valence-electron chi connectivity index (χ4n) is 2.47. The molecule has 0 radical (unpaired) electrons. The predicted octanol–water partition coefficient (Wildman–Crippen LogP) is 2.92. The van der Waals surface area contributed by atoms with Gasteiger partial charge in [0, 0.05) is 25.7 Å². The number of hydrogen-bond acceptors (Lipinski definition) is 4. The van der Waals surface area contributed by atoms with Crippen LogP contribution in [0.15, 0.2) is 60.7 Å². The molecule has 5 heteroatoms. The lowest BCUT2D eigenvalue weighted by Crippen LogP contribution is -2.32. The van der Waals surface area contributed by atoms with Crippen LogP contribution in [0.25, 0.3) is 6.08 Å². The highest BCUT2D eigenvalue weighted by atomic mass is 19.1. The molecule has 1 N–H and O–H groups in total. The molecular formula is C21H24FNO3. The van der Waals surface area contributed by atoms with Gasteiger partial charge in [-0.15, -0.1) is 0 Å². The van der Waals surface area contributed by atoms with Crippen LogP contribution < -0.4 is 0 Å². The number of nitrogens with zero attached hydrogens (tertiary/aromatic N) is 1. The van der Waals surface area contributed by atoms with Crippen LogP contribution in [0.4, 0.5) is 4.39 Å². The average molecular weight is 357 g/mol. The topological polar surface area (TPSA) is 49.8 Å². The maximum atomic E-state index is 12.8. The van der Waals surface area contributed by atoms with E-state index in [1.807, 2.05) is 18.2 Å². The van der Waals surface area contributed by atoms with Gasteiger partial charge >= 0.3 is 5.97 Å². The Balaban J connectivity index is 1.72. The Morgan fingerprint density at radius 1 is 1.04 bits per heavy atom.